The number of hydrogen-bond donors (Lipinski definition) is 2. The molecule has 1 aromatic rings. The predicted molar refractivity (Wildman–Crippen MR) is 112 cm³/mol. The molecule has 1 amide bonds. The average molecular weight is 447 g/mol. The second-order valence-corrected chi connectivity index (χ2v) is 10.2. The third-order valence-corrected chi connectivity index (χ3v) is 7.88. The van der Waals surface area contributed by atoms with Crippen molar-refractivity contribution in [1.82, 2.24) is 9.78 Å². The van der Waals surface area contributed by atoms with Crippen LogP contribution in [0, 0.1) is 23.7 Å². The van der Waals surface area contributed by atoms with E-state index in [4.69, 9.17) is 20.3 Å². The van der Waals surface area contributed by atoms with E-state index in [1.54, 1.807) is 7.11 Å². The van der Waals surface area contributed by atoms with Gasteiger partial charge in [0.25, 0.3) is 5.91 Å². The summed E-state index contributed by atoms with van der Waals surface area (Å²) in [5, 5.41) is 9.56. The molecule has 0 radical (unpaired) electrons. The van der Waals surface area contributed by atoms with Gasteiger partial charge in [-0.25, -0.2) is 18.2 Å². The number of amides is 1. The van der Waals surface area contributed by atoms with Crippen LogP contribution in [0.2, 0.25) is 0 Å². The number of ether oxygens (including phenoxy) is 2. The Morgan fingerprint density at radius 1 is 1.42 bits per heavy atom. The standard InChI is InChI=1S/C21H26N4O5S/c1-29-10-13-9-25-21(19(31(23,27)28)17(24-25)20(22)26)30-18(13)16-14-6-2-4-11(14)8-12-5-3-7-15(12)16/h2,4,6,8,13-16,18H,3,5,7,9-10H2,1H3,(H2,22,26)(H2,23,27,28). The number of sulfonamides is 1. The van der Waals surface area contributed by atoms with Crippen molar-refractivity contribution in [3.8, 4) is 5.88 Å². The zero-order valence-electron chi connectivity index (χ0n) is 17.2. The number of aromatic nitrogens is 2. The molecule has 0 bridgehead atoms. The molecule has 5 unspecified atom stereocenters. The summed E-state index contributed by atoms with van der Waals surface area (Å²) < 4.78 is 37.9. The van der Waals surface area contributed by atoms with Crippen molar-refractivity contribution in [3.05, 3.63) is 41.1 Å². The number of nitrogens with zero attached hydrogens (tertiary/aromatic N) is 2. The molecule has 1 aromatic heterocycles. The van der Waals surface area contributed by atoms with Crippen LogP contribution in [0.4, 0.5) is 0 Å². The lowest BCUT2D eigenvalue weighted by Crippen LogP contribution is -2.49. The first kappa shape index (κ1) is 20.5. The fourth-order valence-electron chi connectivity index (χ4n) is 5.81. The normalized spacial score (nSPS) is 31.4. The lowest BCUT2D eigenvalue weighted by Gasteiger charge is -2.44. The highest BCUT2D eigenvalue weighted by molar-refractivity contribution is 7.89. The summed E-state index contributed by atoms with van der Waals surface area (Å²) in [5.74, 6) is -0.364. The molecule has 0 saturated heterocycles. The molecule has 4 N–H and O–H groups in total. The maximum atomic E-state index is 12.3. The first-order valence-corrected chi connectivity index (χ1v) is 12.0. The number of nitrogens with two attached hydrogens (primary N) is 2. The summed E-state index contributed by atoms with van der Waals surface area (Å²) in [7, 11) is -2.64. The van der Waals surface area contributed by atoms with Gasteiger partial charge < -0.3 is 15.2 Å². The minimum Gasteiger partial charge on any atom is -0.473 e. The number of carbonyl (C=O) groups is 1. The minimum absolute atomic E-state index is 0.00439. The van der Waals surface area contributed by atoms with E-state index >= 15 is 0 Å². The lowest BCUT2D eigenvalue weighted by molar-refractivity contribution is -0.0332. The summed E-state index contributed by atoms with van der Waals surface area (Å²) in [5.41, 5.74) is 7.70. The number of carbonyl (C=O) groups excluding carboxylic acids is 1. The van der Waals surface area contributed by atoms with Crippen LogP contribution >= 0.6 is 0 Å². The minimum atomic E-state index is -4.27. The van der Waals surface area contributed by atoms with Gasteiger partial charge in [0.2, 0.25) is 15.9 Å². The van der Waals surface area contributed by atoms with Gasteiger partial charge in [0.05, 0.1) is 13.2 Å². The first-order valence-electron chi connectivity index (χ1n) is 10.5. The third-order valence-electron chi connectivity index (χ3n) is 6.94. The van der Waals surface area contributed by atoms with Gasteiger partial charge in [0.1, 0.15) is 6.10 Å². The van der Waals surface area contributed by atoms with Crippen LogP contribution in [-0.4, -0.2) is 43.9 Å². The number of rotatable bonds is 5. The third kappa shape index (κ3) is 3.24. The van der Waals surface area contributed by atoms with E-state index < -0.39 is 20.8 Å². The number of hydrogen-bond acceptors (Lipinski definition) is 6. The fourth-order valence-corrected chi connectivity index (χ4v) is 6.62. The van der Waals surface area contributed by atoms with Gasteiger partial charge in [-0.2, -0.15) is 5.10 Å². The molecule has 1 fully saturated rings. The van der Waals surface area contributed by atoms with E-state index in [1.165, 1.54) is 15.8 Å². The van der Waals surface area contributed by atoms with Crippen molar-refractivity contribution < 1.29 is 22.7 Å². The molecule has 0 spiro atoms. The number of primary sulfonamides is 1. The molecule has 4 aliphatic rings. The highest BCUT2D eigenvalue weighted by Gasteiger charge is 2.49. The molecule has 1 aliphatic heterocycles. The quantitative estimate of drug-likeness (QED) is 0.695. The van der Waals surface area contributed by atoms with Crippen molar-refractivity contribution in [2.24, 2.45) is 34.5 Å². The molecule has 5 rings (SSSR count). The summed E-state index contributed by atoms with van der Waals surface area (Å²) in [6.45, 7) is 0.764. The Morgan fingerprint density at radius 3 is 2.94 bits per heavy atom. The molecule has 10 heteroatoms. The Bertz CT molecular complexity index is 1130. The zero-order chi connectivity index (χ0) is 21.9. The second kappa shape index (κ2) is 7.32. The molecular weight excluding hydrogens is 420 g/mol. The molecule has 166 valence electrons. The van der Waals surface area contributed by atoms with Gasteiger partial charge in [-0.05, 0) is 30.8 Å². The predicted octanol–water partition coefficient (Wildman–Crippen LogP) is 1.12. The molecule has 9 nitrogen and oxygen atoms in total. The molecule has 3 aliphatic carbocycles. The van der Waals surface area contributed by atoms with E-state index in [0.29, 0.717) is 19.1 Å². The highest BCUT2D eigenvalue weighted by Crippen LogP contribution is 2.52. The monoisotopic (exact) mass is 446 g/mol. The smallest absolute Gasteiger partial charge is 0.270 e. The number of methoxy groups -OCH3 is 1. The van der Waals surface area contributed by atoms with Crippen LogP contribution < -0.4 is 15.6 Å². The van der Waals surface area contributed by atoms with Gasteiger partial charge >= 0.3 is 0 Å². The summed E-state index contributed by atoms with van der Waals surface area (Å²) >= 11 is 0. The summed E-state index contributed by atoms with van der Waals surface area (Å²) in [4.78, 5) is 11.5. The Morgan fingerprint density at radius 2 is 2.23 bits per heavy atom. The fraction of sp³-hybridized carbons (Fsp3) is 0.524. The van der Waals surface area contributed by atoms with Crippen LogP contribution in [-0.2, 0) is 21.3 Å². The second-order valence-electron chi connectivity index (χ2n) is 8.74. The van der Waals surface area contributed by atoms with Gasteiger partial charge in [0.15, 0.2) is 10.6 Å². The van der Waals surface area contributed by atoms with Crippen molar-refractivity contribution in [1.29, 1.82) is 0 Å². The van der Waals surface area contributed by atoms with Crippen molar-refractivity contribution in [2.45, 2.75) is 36.8 Å². The van der Waals surface area contributed by atoms with Gasteiger partial charge in [-0.3, -0.25) is 4.79 Å². The molecule has 5 atom stereocenters. The first-order chi connectivity index (χ1) is 14.8. The number of allylic oxidation sites excluding steroid dienone is 6. The van der Waals surface area contributed by atoms with E-state index in [9.17, 15) is 13.2 Å². The van der Waals surface area contributed by atoms with E-state index in [1.807, 2.05) is 0 Å². The SMILES string of the molecule is COCC1Cn2nc(C(N)=O)c(S(N)(=O)=O)c2OC1C1C2C=CC=C2C=C2CCCC21. The Labute approximate surface area is 180 Å². The van der Waals surface area contributed by atoms with Crippen LogP contribution in [0.5, 0.6) is 5.88 Å². The van der Waals surface area contributed by atoms with Gasteiger partial charge in [0, 0.05) is 24.9 Å². The maximum Gasteiger partial charge on any atom is 0.270 e. The number of fused-ring (bicyclic) bond motifs is 3. The largest absolute Gasteiger partial charge is 0.473 e. The van der Waals surface area contributed by atoms with Crippen LogP contribution in [0.25, 0.3) is 0 Å². The topological polar surface area (TPSA) is 140 Å². The maximum absolute atomic E-state index is 12.3. The van der Waals surface area contributed by atoms with E-state index in [-0.39, 0.29) is 35.4 Å². The molecule has 1 saturated carbocycles. The highest BCUT2D eigenvalue weighted by atomic mass is 32.2. The molecular formula is C21H26N4O5S. The van der Waals surface area contributed by atoms with E-state index in [0.717, 1.165) is 19.3 Å². The molecule has 0 aromatic carbocycles. The Balaban J connectivity index is 1.62. The average Bonchev–Trinajstić information content (AvgIpc) is 3.42. The van der Waals surface area contributed by atoms with Gasteiger partial charge in [-0.1, -0.05) is 29.9 Å². The summed E-state index contributed by atoms with van der Waals surface area (Å²) in [6.07, 6.45) is 11.7. The van der Waals surface area contributed by atoms with Crippen LogP contribution in [0.15, 0.2) is 40.3 Å². The van der Waals surface area contributed by atoms with E-state index in [2.05, 4.69) is 29.4 Å². The van der Waals surface area contributed by atoms with Crippen molar-refractivity contribution >= 4 is 15.9 Å². The Hall–Kier alpha value is -2.43. The van der Waals surface area contributed by atoms with Crippen LogP contribution in [0.3, 0.4) is 0 Å². The van der Waals surface area contributed by atoms with Crippen LogP contribution in [0.1, 0.15) is 29.8 Å². The number of primary amides is 1. The molecule has 2 heterocycles. The lowest BCUT2D eigenvalue weighted by atomic mass is 9.66. The van der Waals surface area contributed by atoms with Crippen molar-refractivity contribution in [3.63, 3.8) is 0 Å². The summed E-state index contributed by atoms with van der Waals surface area (Å²) in [6, 6.07) is 0. The van der Waals surface area contributed by atoms with Crippen molar-refractivity contribution in [2.75, 3.05) is 13.7 Å². The van der Waals surface area contributed by atoms with Gasteiger partial charge in [-0.15, -0.1) is 0 Å². The zero-order valence-corrected chi connectivity index (χ0v) is 18.0. The Kier molecular flexibility index (Phi) is 4.83. The molecule has 31 heavy (non-hydrogen) atoms.